The van der Waals surface area contributed by atoms with Gasteiger partial charge in [-0.1, -0.05) is 130 Å². The Kier molecular flexibility index (Phi) is 6.95. The van der Waals surface area contributed by atoms with Crippen molar-refractivity contribution in [2.24, 2.45) is 0 Å². The first-order valence-corrected chi connectivity index (χ1v) is 16.4. The fourth-order valence-electron chi connectivity index (χ4n) is 7.42. The van der Waals surface area contributed by atoms with Crippen molar-refractivity contribution in [3.05, 3.63) is 151 Å². The van der Waals surface area contributed by atoms with Gasteiger partial charge in [0.1, 0.15) is 0 Å². The molecule has 0 spiro atoms. The molecule has 7 aromatic carbocycles. The molecule has 8 aromatic rings. The van der Waals surface area contributed by atoms with E-state index in [0.29, 0.717) is 0 Å². The number of fused-ring (bicyclic) bond motifs is 5. The van der Waals surface area contributed by atoms with Crippen LogP contribution in [0.25, 0.3) is 71.3 Å². The lowest BCUT2D eigenvalue weighted by Gasteiger charge is -2.19. The van der Waals surface area contributed by atoms with Gasteiger partial charge < -0.3 is 4.57 Å². The van der Waals surface area contributed by atoms with E-state index in [0.717, 1.165) is 25.7 Å². The lowest BCUT2D eigenvalue weighted by Crippen LogP contribution is -1.96. The summed E-state index contributed by atoms with van der Waals surface area (Å²) in [6.07, 6.45) is 4.50. The van der Waals surface area contributed by atoms with Crippen LogP contribution in [-0.2, 0) is 12.8 Å². The van der Waals surface area contributed by atoms with Gasteiger partial charge >= 0.3 is 0 Å². The number of hydrogen-bond donors (Lipinski definition) is 0. The summed E-state index contributed by atoms with van der Waals surface area (Å²) in [6.45, 7) is 4.53. The van der Waals surface area contributed by atoms with Gasteiger partial charge in [0.2, 0.25) is 0 Å². The molecule has 1 aromatic heterocycles. The molecule has 0 saturated heterocycles. The molecule has 1 heterocycles. The van der Waals surface area contributed by atoms with Crippen molar-refractivity contribution in [1.82, 2.24) is 4.57 Å². The molecule has 0 N–H and O–H groups in total. The Bertz CT molecular complexity index is 2260. The van der Waals surface area contributed by atoms with Gasteiger partial charge in [0, 0.05) is 16.5 Å². The van der Waals surface area contributed by atoms with Crippen molar-refractivity contribution >= 4 is 43.4 Å². The zero-order chi connectivity index (χ0) is 30.3. The smallest absolute Gasteiger partial charge is 0.0541 e. The molecule has 0 atom stereocenters. The fraction of sp³-hybridized carbons (Fsp3) is 0.136. The number of hydrogen-bond acceptors (Lipinski definition) is 0. The summed E-state index contributed by atoms with van der Waals surface area (Å²) in [4.78, 5) is 0. The summed E-state index contributed by atoms with van der Waals surface area (Å²) in [5.41, 5.74) is 11.6. The van der Waals surface area contributed by atoms with Crippen LogP contribution in [0.4, 0.5) is 0 Å². The van der Waals surface area contributed by atoms with Crippen LogP contribution in [-0.4, -0.2) is 4.57 Å². The maximum atomic E-state index is 2.49. The number of rotatable bonds is 7. The predicted molar refractivity (Wildman–Crippen MR) is 195 cm³/mol. The van der Waals surface area contributed by atoms with E-state index in [1.807, 2.05) is 0 Å². The SMILES string of the molecule is CCCc1ccc2c(c1)c1cc(CCC)ccc1n2-c1ccc2c(-c3ccccc3)c3ccccc3c(-c3ccccc3)c2c1. The lowest BCUT2D eigenvalue weighted by atomic mass is 9.86. The molecule has 0 unspecified atom stereocenters. The van der Waals surface area contributed by atoms with Gasteiger partial charge in [-0.15, -0.1) is 0 Å². The quantitative estimate of drug-likeness (QED) is 0.166. The Labute approximate surface area is 265 Å². The fourth-order valence-corrected chi connectivity index (χ4v) is 7.42. The second kappa shape index (κ2) is 11.4. The molecule has 0 aliphatic carbocycles. The highest BCUT2D eigenvalue weighted by Crippen LogP contribution is 2.45. The molecular formula is C44H37N. The maximum absolute atomic E-state index is 2.49. The Morgan fingerprint density at radius 2 is 0.867 bits per heavy atom. The van der Waals surface area contributed by atoms with Crippen LogP contribution in [0.1, 0.15) is 37.8 Å². The van der Waals surface area contributed by atoms with E-state index in [9.17, 15) is 0 Å². The highest BCUT2D eigenvalue weighted by molar-refractivity contribution is 6.22. The van der Waals surface area contributed by atoms with Crippen LogP contribution in [0.15, 0.2) is 140 Å². The Morgan fingerprint density at radius 3 is 1.38 bits per heavy atom. The average Bonchev–Trinajstić information content (AvgIpc) is 3.41. The first-order valence-electron chi connectivity index (χ1n) is 16.4. The third kappa shape index (κ3) is 4.62. The number of aromatic nitrogens is 1. The summed E-state index contributed by atoms with van der Waals surface area (Å²) in [6, 6.07) is 52.1. The molecule has 0 saturated carbocycles. The van der Waals surface area contributed by atoms with Crippen LogP contribution in [0.2, 0.25) is 0 Å². The lowest BCUT2D eigenvalue weighted by molar-refractivity contribution is 0.923. The van der Waals surface area contributed by atoms with Crippen molar-refractivity contribution in [2.45, 2.75) is 39.5 Å². The van der Waals surface area contributed by atoms with Crippen molar-refractivity contribution in [2.75, 3.05) is 0 Å². The minimum absolute atomic E-state index is 1.10. The summed E-state index contributed by atoms with van der Waals surface area (Å²) in [5, 5.41) is 7.81. The Balaban J connectivity index is 1.49. The summed E-state index contributed by atoms with van der Waals surface area (Å²) >= 11 is 0. The Hall–Kier alpha value is -5.14. The van der Waals surface area contributed by atoms with Gasteiger partial charge in [0.25, 0.3) is 0 Å². The van der Waals surface area contributed by atoms with Crippen LogP contribution in [0.3, 0.4) is 0 Å². The van der Waals surface area contributed by atoms with Crippen LogP contribution in [0, 0.1) is 0 Å². The third-order valence-electron chi connectivity index (χ3n) is 9.36. The summed E-state index contributed by atoms with van der Waals surface area (Å²) in [5.74, 6) is 0. The highest BCUT2D eigenvalue weighted by Gasteiger charge is 2.19. The largest absolute Gasteiger partial charge is 0.309 e. The summed E-state index contributed by atoms with van der Waals surface area (Å²) < 4.78 is 2.49. The monoisotopic (exact) mass is 579 g/mol. The molecule has 0 amide bonds. The average molecular weight is 580 g/mol. The van der Waals surface area contributed by atoms with Gasteiger partial charge in [0.05, 0.1) is 11.0 Å². The highest BCUT2D eigenvalue weighted by atomic mass is 15.0. The van der Waals surface area contributed by atoms with Crippen LogP contribution >= 0.6 is 0 Å². The van der Waals surface area contributed by atoms with Crippen molar-refractivity contribution in [3.8, 4) is 27.9 Å². The zero-order valence-electron chi connectivity index (χ0n) is 26.1. The van der Waals surface area contributed by atoms with Gasteiger partial charge in [-0.25, -0.2) is 0 Å². The van der Waals surface area contributed by atoms with Crippen molar-refractivity contribution in [3.63, 3.8) is 0 Å². The van der Waals surface area contributed by atoms with E-state index >= 15 is 0 Å². The molecule has 0 bridgehead atoms. The third-order valence-corrected chi connectivity index (χ3v) is 9.36. The van der Waals surface area contributed by atoms with E-state index in [2.05, 4.69) is 158 Å². The molecule has 1 nitrogen and oxygen atoms in total. The minimum atomic E-state index is 1.10. The molecule has 0 radical (unpaired) electrons. The molecule has 0 aliphatic rings. The molecule has 218 valence electrons. The number of benzene rings is 7. The molecule has 0 aliphatic heterocycles. The van der Waals surface area contributed by atoms with Crippen molar-refractivity contribution in [1.29, 1.82) is 0 Å². The number of nitrogens with zero attached hydrogens (tertiary/aromatic N) is 1. The minimum Gasteiger partial charge on any atom is -0.309 e. The van der Waals surface area contributed by atoms with E-state index in [1.165, 1.54) is 82.4 Å². The zero-order valence-corrected chi connectivity index (χ0v) is 26.1. The van der Waals surface area contributed by atoms with Gasteiger partial charge in [-0.3, -0.25) is 0 Å². The molecule has 8 rings (SSSR count). The molecule has 45 heavy (non-hydrogen) atoms. The van der Waals surface area contributed by atoms with E-state index in [-0.39, 0.29) is 0 Å². The van der Waals surface area contributed by atoms with Crippen LogP contribution < -0.4 is 0 Å². The second-order valence-electron chi connectivity index (χ2n) is 12.3. The van der Waals surface area contributed by atoms with Crippen molar-refractivity contribution < 1.29 is 0 Å². The maximum Gasteiger partial charge on any atom is 0.0541 e. The van der Waals surface area contributed by atoms with E-state index in [4.69, 9.17) is 0 Å². The first kappa shape index (κ1) is 27.4. The predicted octanol–water partition coefficient (Wildman–Crippen LogP) is 12.3. The molecule has 1 heteroatoms. The topological polar surface area (TPSA) is 4.93 Å². The molecular weight excluding hydrogens is 542 g/mol. The Morgan fingerprint density at radius 1 is 0.400 bits per heavy atom. The van der Waals surface area contributed by atoms with E-state index < -0.39 is 0 Å². The van der Waals surface area contributed by atoms with Gasteiger partial charge in [-0.05, 0) is 104 Å². The summed E-state index contributed by atoms with van der Waals surface area (Å²) in [7, 11) is 0. The van der Waals surface area contributed by atoms with Crippen LogP contribution in [0.5, 0.6) is 0 Å². The van der Waals surface area contributed by atoms with Gasteiger partial charge in [0.15, 0.2) is 0 Å². The standard InChI is InChI=1S/C44H37N/c1-3-13-30-21-25-41-38(27-30)39-28-31(14-4-2)22-26-42(39)45(41)34-23-24-37-40(29-34)44(33-17-9-6-10-18-33)36-20-12-11-19-35(36)43(37)32-15-7-5-8-16-32/h5-12,15-29H,3-4,13-14H2,1-2H3. The van der Waals surface area contributed by atoms with Gasteiger partial charge in [-0.2, -0.15) is 0 Å². The molecule has 0 fully saturated rings. The first-order chi connectivity index (χ1) is 22.2. The van der Waals surface area contributed by atoms with E-state index in [1.54, 1.807) is 0 Å². The second-order valence-corrected chi connectivity index (χ2v) is 12.3. The number of aryl methyl sites for hydroxylation is 2. The normalized spacial score (nSPS) is 11.7.